The summed E-state index contributed by atoms with van der Waals surface area (Å²) < 4.78 is 0. The van der Waals surface area contributed by atoms with Crippen molar-refractivity contribution in [2.45, 2.75) is 26.3 Å². The van der Waals surface area contributed by atoms with E-state index in [0.717, 1.165) is 35.0 Å². The van der Waals surface area contributed by atoms with Gasteiger partial charge >= 0.3 is 0 Å². The summed E-state index contributed by atoms with van der Waals surface area (Å²) in [6, 6.07) is 8.18. The van der Waals surface area contributed by atoms with Crippen LogP contribution in [0, 0.1) is 0 Å². The molecule has 0 fully saturated rings. The van der Waals surface area contributed by atoms with Crippen molar-refractivity contribution < 1.29 is 4.79 Å². The average molecular weight is 216 g/mol. The molecule has 1 aromatic heterocycles. The van der Waals surface area contributed by atoms with E-state index in [1.54, 1.807) is 0 Å². The van der Waals surface area contributed by atoms with Crippen LogP contribution in [0.5, 0.6) is 0 Å². The minimum absolute atomic E-state index is 0.353. The molecule has 0 saturated carbocycles. The molecule has 0 aliphatic rings. The summed E-state index contributed by atoms with van der Waals surface area (Å²) in [5, 5.41) is 4.29. The molecule has 1 unspecified atom stereocenters. The predicted octanol–water partition coefficient (Wildman–Crippen LogP) is 3.19. The topological polar surface area (TPSA) is 44.9 Å². The van der Waals surface area contributed by atoms with Crippen molar-refractivity contribution in [2.75, 3.05) is 5.32 Å². The third kappa shape index (κ3) is 1.81. The van der Waals surface area contributed by atoms with Gasteiger partial charge in [0.05, 0.1) is 5.56 Å². The highest BCUT2D eigenvalue weighted by Crippen LogP contribution is 2.25. The van der Waals surface area contributed by atoms with Crippen LogP contribution in [0.2, 0.25) is 0 Å². The molecule has 0 aliphatic heterocycles. The third-order valence-corrected chi connectivity index (χ3v) is 2.87. The fourth-order valence-electron chi connectivity index (χ4n) is 1.75. The van der Waals surface area contributed by atoms with Crippen molar-refractivity contribution in [3.8, 4) is 0 Å². The summed E-state index contributed by atoms with van der Waals surface area (Å²) in [5.74, 6) is 0.825. The van der Waals surface area contributed by atoms with Crippen LogP contribution in [0.1, 0.15) is 30.6 Å². The number of rotatable bonds is 4. The Bertz CT molecular complexity index is 502. The zero-order valence-corrected chi connectivity index (χ0v) is 9.58. The van der Waals surface area contributed by atoms with Crippen LogP contribution in [-0.4, -0.2) is 17.3 Å². The van der Waals surface area contributed by atoms with Gasteiger partial charge in [0.1, 0.15) is 5.82 Å². The summed E-state index contributed by atoms with van der Waals surface area (Å²) in [6.45, 7) is 4.21. The molecule has 0 aliphatic carbocycles. The minimum atomic E-state index is 0.353. The number of nitrogens with one attached hydrogen (secondary N) is 2. The molecular weight excluding hydrogens is 200 g/mol. The molecule has 0 radical (unpaired) electrons. The average Bonchev–Trinajstić information content (AvgIpc) is 2.65. The lowest BCUT2D eigenvalue weighted by Gasteiger charge is -2.11. The first-order chi connectivity index (χ1) is 7.76. The lowest BCUT2D eigenvalue weighted by atomic mass is 10.2. The molecule has 3 heteroatoms. The van der Waals surface area contributed by atoms with E-state index >= 15 is 0 Å². The first-order valence-electron chi connectivity index (χ1n) is 5.58. The Kier molecular flexibility index (Phi) is 2.95. The molecule has 0 spiro atoms. The number of aromatic nitrogens is 1. The molecular formula is C13H16N2O. The Hall–Kier alpha value is -1.77. The van der Waals surface area contributed by atoms with Crippen LogP contribution in [0.4, 0.5) is 5.82 Å². The number of aldehydes is 1. The standard InChI is InChI=1S/C13H16N2O/c1-3-9(2)14-13-11(8-16)10-6-4-5-7-12(10)15-13/h4-9,14-15H,3H2,1-2H3. The molecule has 84 valence electrons. The fraction of sp³-hybridized carbons (Fsp3) is 0.308. The molecule has 2 aromatic rings. The van der Waals surface area contributed by atoms with Crippen molar-refractivity contribution >= 4 is 23.0 Å². The second-order valence-electron chi connectivity index (χ2n) is 4.03. The van der Waals surface area contributed by atoms with Crippen molar-refractivity contribution in [2.24, 2.45) is 0 Å². The van der Waals surface area contributed by atoms with E-state index in [0.29, 0.717) is 6.04 Å². The van der Waals surface area contributed by atoms with E-state index in [9.17, 15) is 4.79 Å². The largest absolute Gasteiger partial charge is 0.369 e. The van der Waals surface area contributed by atoms with Gasteiger partial charge in [-0.3, -0.25) is 4.79 Å². The number of benzene rings is 1. The Morgan fingerprint density at radius 3 is 2.88 bits per heavy atom. The van der Waals surface area contributed by atoms with Crippen LogP contribution in [0.15, 0.2) is 24.3 Å². The van der Waals surface area contributed by atoms with E-state index in [2.05, 4.69) is 24.1 Å². The van der Waals surface area contributed by atoms with Gasteiger partial charge in [-0.2, -0.15) is 0 Å². The molecule has 1 heterocycles. The molecule has 16 heavy (non-hydrogen) atoms. The zero-order valence-electron chi connectivity index (χ0n) is 9.58. The van der Waals surface area contributed by atoms with E-state index in [1.165, 1.54) is 0 Å². The lowest BCUT2D eigenvalue weighted by molar-refractivity contribution is 0.112. The highest BCUT2D eigenvalue weighted by atomic mass is 16.1. The third-order valence-electron chi connectivity index (χ3n) is 2.87. The fourth-order valence-corrected chi connectivity index (χ4v) is 1.75. The van der Waals surface area contributed by atoms with Gasteiger partial charge in [0.15, 0.2) is 6.29 Å². The van der Waals surface area contributed by atoms with E-state index in [-0.39, 0.29) is 0 Å². The number of carbonyl (C=O) groups excluding carboxylic acids is 1. The number of hydrogen-bond acceptors (Lipinski definition) is 2. The molecule has 1 atom stereocenters. The van der Waals surface area contributed by atoms with Crippen molar-refractivity contribution in [1.82, 2.24) is 4.98 Å². The Morgan fingerprint density at radius 2 is 2.19 bits per heavy atom. The maximum absolute atomic E-state index is 11.1. The smallest absolute Gasteiger partial charge is 0.154 e. The first kappa shape index (κ1) is 10.7. The molecule has 0 saturated heterocycles. The van der Waals surface area contributed by atoms with Gasteiger partial charge in [-0.15, -0.1) is 0 Å². The predicted molar refractivity (Wildman–Crippen MR) is 67.1 cm³/mol. The van der Waals surface area contributed by atoms with Gasteiger partial charge < -0.3 is 10.3 Å². The number of fused-ring (bicyclic) bond motifs is 1. The zero-order chi connectivity index (χ0) is 11.5. The van der Waals surface area contributed by atoms with Crippen LogP contribution < -0.4 is 5.32 Å². The maximum atomic E-state index is 11.1. The quantitative estimate of drug-likeness (QED) is 0.771. The van der Waals surface area contributed by atoms with Crippen molar-refractivity contribution in [1.29, 1.82) is 0 Å². The minimum Gasteiger partial charge on any atom is -0.369 e. The van der Waals surface area contributed by atoms with Gasteiger partial charge in [-0.25, -0.2) is 0 Å². The number of anilines is 1. The van der Waals surface area contributed by atoms with Crippen LogP contribution >= 0.6 is 0 Å². The first-order valence-corrected chi connectivity index (χ1v) is 5.58. The summed E-state index contributed by atoms with van der Waals surface area (Å²) >= 11 is 0. The second kappa shape index (κ2) is 4.39. The van der Waals surface area contributed by atoms with Crippen LogP contribution in [0.3, 0.4) is 0 Å². The van der Waals surface area contributed by atoms with Crippen LogP contribution in [-0.2, 0) is 0 Å². The lowest BCUT2D eigenvalue weighted by Crippen LogP contribution is -2.14. The second-order valence-corrected chi connectivity index (χ2v) is 4.03. The molecule has 0 bridgehead atoms. The number of hydrogen-bond donors (Lipinski definition) is 2. The van der Waals surface area contributed by atoms with Crippen LogP contribution in [0.25, 0.3) is 10.9 Å². The summed E-state index contributed by atoms with van der Waals surface area (Å²) in [5.41, 5.74) is 1.71. The van der Waals surface area contributed by atoms with Gasteiger partial charge in [0.25, 0.3) is 0 Å². The summed E-state index contributed by atoms with van der Waals surface area (Å²) in [7, 11) is 0. The number of para-hydroxylation sites is 1. The SMILES string of the molecule is CCC(C)Nc1[nH]c2ccccc2c1C=O. The highest BCUT2D eigenvalue weighted by Gasteiger charge is 2.11. The summed E-state index contributed by atoms with van der Waals surface area (Å²) in [4.78, 5) is 14.4. The van der Waals surface area contributed by atoms with Crippen molar-refractivity contribution in [3.63, 3.8) is 0 Å². The Balaban J connectivity index is 2.48. The number of aromatic amines is 1. The maximum Gasteiger partial charge on any atom is 0.154 e. The van der Waals surface area contributed by atoms with Gasteiger partial charge in [0.2, 0.25) is 0 Å². The highest BCUT2D eigenvalue weighted by molar-refractivity contribution is 6.03. The monoisotopic (exact) mass is 216 g/mol. The van der Waals surface area contributed by atoms with E-state index in [4.69, 9.17) is 0 Å². The number of H-pyrrole nitrogens is 1. The Morgan fingerprint density at radius 1 is 1.44 bits per heavy atom. The van der Waals surface area contributed by atoms with E-state index < -0.39 is 0 Å². The van der Waals surface area contributed by atoms with E-state index in [1.807, 2.05) is 24.3 Å². The Labute approximate surface area is 94.9 Å². The molecule has 3 nitrogen and oxygen atoms in total. The molecule has 1 aromatic carbocycles. The molecule has 0 amide bonds. The number of carbonyl (C=O) groups is 1. The normalized spacial score (nSPS) is 12.6. The van der Waals surface area contributed by atoms with Gasteiger partial charge in [-0.05, 0) is 19.4 Å². The molecule has 2 N–H and O–H groups in total. The van der Waals surface area contributed by atoms with Gasteiger partial charge in [0, 0.05) is 16.9 Å². The van der Waals surface area contributed by atoms with Crippen molar-refractivity contribution in [3.05, 3.63) is 29.8 Å². The van der Waals surface area contributed by atoms with Gasteiger partial charge in [-0.1, -0.05) is 25.1 Å². The molecule has 2 rings (SSSR count). The summed E-state index contributed by atoms with van der Waals surface area (Å²) in [6.07, 6.45) is 1.93.